The average Bonchev–Trinajstić information content (AvgIpc) is 3.28. The van der Waals surface area contributed by atoms with Crippen LogP contribution in [0, 0.1) is 0 Å². The van der Waals surface area contributed by atoms with Crippen LogP contribution in [0.25, 0.3) is 0 Å². The number of aryl methyl sites for hydroxylation is 1. The van der Waals surface area contributed by atoms with E-state index in [2.05, 4.69) is 10.3 Å². The zero-order chi connectivity index (χ0) is 21.2. The quantitative estimate of drug-likeness (QED) is 0.539. The minimum atomic E-state index is -0.150. The highest BCUT2D eigenvalue weighted by molar-refractivity contribution is 5.89. The van der Waals surface area contributed by atoms with E-state index in [1.54, 1.807) is 25.7 Å². The number of aromatic nitrogens is 2. The van der Waals surface area contributed by atoms with Crippen LogP contribution >= 0.6 is 0 Å². The lowest BCUT2D eigenvalue weighted by Gasteiger charge is -2.24. The van der Waals surface area contributed by atoms with E-state index < -0.39 is 0 Å². The van der Waals surface area contributed by atoms with E-state index >= 15 is 0 Å². The van der Waals surface area contributed by atoms with E-state index in [1.165, 1.54) is 0 Å². The molecule has 2 amide bonds. The Balaban J connectivity index is 1.67. The Morgan fingerprint density at radius 3 is 2.70 bits per heavy atom. The van der Waals surface area contributed by atoms with Gasteiger partial charge < -0.3 is 24.3 Å². The van der Waals surface area contributed by atoms with Crippen LogP contribution in [0.15, 0.2) is 67.3 Å². The Morgan fingerprint density at radius 2 is 2.00 bits per heavy atom. The molecule has 0 aliphatic carbocycles. The summed E-state index contributed by atoms with van der Waals surface area (Å²) in [5.41, 5.74) is 1.74. The van der Waals surface area contributed by atoms with Crippen LogP contribution in [-0.4, -0.2) is 40.7 Å². The molecule has 30 heavy (non-hydrogen) atoms. The molecular weight excluding hydrogens is 380 g/mol. The smallest absolute Gasteiger partial charge is 0.322 e. The zero-order valence-corrected chi connectivity index (χ0v) is 17.5. The lowest BCUT2D eigenvalue weighted by atomic mass is 10.2. The number of methoxy groups -OCH3 is 1. The molecule has 7 nitrogen and oxygen atoms in total. The van der Waals surface area contributed by atoms with E-state index in [-0.39, 0.29) is 6.03 Å². The SMILES string of the molecule is CCOc1ccc(CN(CCCn2ccnc2)C(=O)Nc2cccc(OC)c2)cc1. The number of hydrogen-bond donors (Lipinski definition) is 1. The minimum absolute atomic E-state index is 0.150. The van der Waals surface area contributed by atoms with Crippen LogP contribution < -0.4 is 14.8 Å². The summed E-state index contributed by atoms with van der Waals surface area (Å²) in [6.45, 7) is 4.50. The molecule has 0 atom stereocenters. The van der Waals surface area contributed by atoms with Crippen molar-refractivity contribution in [2.45, 2.75) is 26.4 Å². The first kappa shape index (κ1) is 21.2. The molecule has 0 aliphatic heterocycles. The largest absolute Gasteiger partial charge is 0.497 e. The lowest BCUT2D eigenvalue weighted by molar-refractivity contribution is 0.207. The molecular formula is C23H28N4O3. The maximum absolute atomic E-state index is 13.0. The van der Waals surface area contributed by atoms with Crippen LogP contribution in [0.3, 0.4) is 0 Å². The van der Waals surface area contributed by atoms with Gasteiger partial charge in [0.05, 0.1) is 20.0 Å². The lowest BCUT2D eigenvalue weighted by Crippen LogP contribution is -2.35. The number of hydrogen-bond acceptors (Lipinski definition) is 4. The highest BCUT2D eigenvalue weighted by Gasteiger charge is 2.15. The summed E-state index contributed by atoms with van der Waals surface area (Å²) >= 11 is 0. The van der Waals surface area contributed by atoms with Gasteiger partial charge >= 0.3 is 6.03 Å². The normalized spacial score (nSPS) is 10.5. The van der Waals surface area contributed by atoms with Gasteiger partial charge in [0.1, 0.15) is 11.5 Å². The first-order valence-electron chi connectivity index (χ1n) is 10.1. The standard InChI is InChI=1S/C23H28N4O3/c1-3-30-21-10-8-19(9-11-21)17-27(14-5-13-26-15-12-24-18-26)23(28)25-20-6-4-7-22(16-20)29-2/h4,6-12,15-16,18H,3,5,13-14,17H2,1-2H3,(H,25,28). The molecule has 3 aromatic rings. The van der Waals surface area contributed by atoms with Gasteiger partial charge in [-0.05, 0) is 43.2 Å². The number of anilines is 1. The molecule has 0 radical (unpaired) electrons. The van der Waals surface area contributed by atoms with E-state index in [9.17, 15) is 4.79 Å². The van der Waals surface area contributed by atoms with Crippen molar-refractivity contribution in [2.24, 2.45) is 0 Å². The summed E-state index contributed by atoms with van der Waals surface area (Å²) in [6, 6.07) is 15.1. The Bertz CT molecular complexity index is 910. The molecule has 0 fully saturated rings. The van der Waals surface area contributed by atoms with Crippen molar-refractivity contribution in [3.8, 4) is 11.5 Å². The summed E-state index contributed by atoms with van der Waals surface area (Å²) < 4.78 is 12.8. The Labute approximate surface area is 177 Å². The zero-order valence-electron chi connectivity index (χ0n) is 17.5. The van der Waals surface area contributed by atoms with Gasteiger partial charge in [0, 0.05) is 43.8 Å². The molecule has 0 bridgehead atoms. The fourth-order valence-corrected chi connectivity index (χ4v) is 3.10. The van der Waals surface area contributed by atoms with Crippen LogP contribution in [0.2, 0.25) is 0 Å². The molecule has 0 aliphatic rings. The average molecular weight is 409 g/mol. The third-order valence-corrected chi connectivity index (χ3v) is 4.62. The number of nitrogens with one attached hydrogen (secondary N) is 1. The summed E-state index contributed by atoms with van der Waals surface area (Å²) in [5.74, 6) is 1.53. The third kappa shape index (κ3) is 6.27. The fourth-order valence-electron chi connectivity index (χ4n) is 3.10. The van der Waals surface area contributed by atoms with Gasteiger partial charge in [0.25, 0.3) is 0 Å². The van der Waals surface area contributed by atoms with Gasteiger partial charge in [-0.2, -0.15) is 0 Å². The molecule has 1 aromatic heterocycles. The van der Waals surface area contributed by atoms with Gasteiger partial charge in [-0.25, -0.2) is 9.78 Å². The summed E-state index contributed by atoms with van der Waals surface area (Å²) in [7, 11) is 1.61. The van der Waals surface area contributed by atoms with Crippen molar-refractivity contribution in [2.75, 3.05) is 25.6 Å². The molecule has 1 N–H and O–H groups in total. The van der Waals surface area contributed by atoms with Gasteiger partial charge in [0.2, 0.25) is 0 Å². The monoisotopic (exact) mass is 408 g/mol. The van der Waals surface area contributed by atoms with E-state index in [0.717, 1.165) is 24.3 Å². The van der Waals surface area contributed by atoms with Crippen molar-refractivity contribution < 1.29 is 14.3 Å². The first-order valence-corrected chi connectivity index (χ1v) is 10.1. The Morgan fingerprint density at radius 1 is 1.17 bits per heavy atom. The number of nitrogens with zero attached hydrogens (tertiary/aromatic N) is 3. The molecule has 0 spiro atoms. The van der Waals surface area contributed by atoms with Crippen molar-refractivity contribution in [3.05, 3.63) is 72.8 Å². The fraction of sp³-hybridized carbons (Fsp3) is 0.304. The van der Waals surface area contributed by atoms with Gasteiger partial charge in [-0.1, -0.05) is 18.2 Å². The van der Waals surface area contributed by atoms with Crippen LogP contribution in [-0.2, 0) is 13.1 Å². The number of urea groups is 1. The molecule has 1 heterocycles. The minimum Gasteiger partial charge on any atom is -0.497 e. The molecule has 0 saturated carbocycles. The molecule has 0 saturated heterocycles. The van der Waals surface area contributed by atoms with Crippen molar-refractivity contribution in [3.63, 3.8) is 0 Å². The third-order valence-electron chi connectivity index (χ3n) is 4.62. The predicted octanol–water partition coefficient (Wildman–Crippen LogP) is 4.41. The number of imidazole rings is 1. The molecule has 2 aromatic carbocycles. The predicted molar refractivity (Wildman–Crippen MR) is 117 cm³/mol. The topological polar surface area (TPSA) is 68.6 Å². The number of ether oxygens (including phenoxy) is 2. The molecule has 7 heteroatoms. The van der Waals surface area contributed by atoms with Crippen molar-refractivity contribution in [1.82, 2.24) is 14.5 Å². The Kier molecular flexibility index (Phi) is 7.71. The number of carbonyl (C=O) groups excluding carboxylic acids is 1. The summed E-state index contributed by atoms with van der Waals surface area (Å²) in [4.78, 5) is 18.9. The summed E-state index contributed by atoms with van der Waals surface area (Å²) in [5, 5.41) is 2.98. The second-order valence-electron chi connectivity index (χ2n) is 6.81. The maximum Gasteiger partial charge on any atom is 0.322 e. The maximum atomic E-state index is 13.0. The molecule has 3 rings (SSSR count). The van der Waals surface area contributed by atoms with Crippen LogP contribution in [0.4, 0.5) is 10.5 Å². The van der Waals surface area contributed by atoms with Crippen LogP contribution in [0.5, 0.6) is 11.5 Å². The van der Waals surface area contributed by atoms with Crippen LogP contribution in [0.1, 0.15) is 18.9 Å². The number of carbonyl (C=O) groups is 1. The molecule has 158 valence electrons. The number of rotatable bonds is 10. The van der Waals surface area contributed by atoms with Crippen molar-refractivity contribution in [1.29, 1.82) is 0 Å². The van der Waals surface area contributed by atoms with E-state index in [1.807, 2.05) is 65.1 Å². The Hall–Kier alpha value is -3.48. The highest BCUT2D eigenvalue weighted by Crippen LogP contribution is 2.18. The first-order chi connectivity index (χ1) is 14.7. The van der Waals surface area contributed by atoms with Gasteiger partial charge in [0.15, 0.2) is 0 Å². The van der Waals surface area contributed by atoms with Gasteiger partial charge in [-0.15, -0.1) is 0 Å². The van der Waals surface area contributed by atoms with E-state index in [4.69, 9.17) is 9.47 Å². The number of amides is 2. The van der Waals surface area contributed by atoms with Gasteiger partial charge in [-0.3, -0.25) is 0 Å². The summed E-state index contributed by atoms with van der Waals surface area (Å²) in [6.07, 6.45) is 6.28. The van der Waals surface area contributed by atoms with Crippen molar-refractivity contribution >= 4 is 11.7 Å². The van der Waals surface area contributed by atoms with E-state index in [0.29, 0.717) is 31.1 Å². The second kappa shape index (κ2) is 10.9. The highest BCUT2D eigenvalue weighted by atomic mass is 16.5. The molecule has 0 unspecified atom stereocenters. The second-order valence-corrected chi connectivity index (χ2v) is 6.81. The number of benzene rings is 2.